The van der Waals surface area contributed by atoms with E-state index in [1.807, 2.05) is 31.0 Å². The fraction of sp³-hybridized carbons (Fsp3) is 0.720. The number of hydrogen-bond donors (Lipinski definition) is 0. The number of nitrogens with zero attached hydrogens (tertiary/aromatic N) is 3. The van der Waals surface area contributed by atoms with E-state index in [2.05, 4.69) is 15.9 Å². The number of urea groups is 1. The molecule has 1 aromatic rings. The number of ether oxygens (including phenoxy) is 1. The molecule has 1 aromatic carbocycles. The Balaban J connectivity index is 1.26. The number of piperidine rings is 1. The lowest BCUT2D eigenvalue weighted by molar-refractivity contribution is 0.149. The van der Waals surface area contributed by atoms with Crippen molar-refractivity contribution in [3.05, 3.63) is 28.8 Å². The van der Waals surface area contributed by atoms with E-state index < -0.39 is 0 Å². The van der Waals surface area contributed by atoms with Gasteiger partial charge in [-0.25, -0.2) is 4.79 Å². The van der Waals surface area contributed by atoms with Gasteiger partial charge in [0.05, 0.1) is 12.6 Å². The Kier molecular flexibility index (Phi) is 7.65. The highest BCUT2D eigenvalue weighted by Gasteiger charge is 2.39. The van der Waals surface area contributed by atoms with E-state index in [4.69, 9.17) is 16.3 Å². The van der Waals surface area contributed by atoms with Crippen LogP contribution in [-0.4, -0.2) is 72.6 Å². The van der Waals surface area contributed by atoms with Crippen molar-refractivity contribution in [2.45, 2.75) is 70.4 Å². The third-order valence-electron chi connectivity index (χ3n) is 7.53. The van der Waals surface area contributed by atoms with Crippen LogP contribution in [0.5, 0.6) is 5.75 Å². The number of likely N-dealkylation sites (tertiary alicyclic amines) is 1. The molecule has 1 saturated carbocycles. The average Bonchev–Trinajstić information content (AvgIpc) is 3.06. The standard InChI is InChI=1S/C25H38ClN3O2/c1-3-31-23-9-10-24(26)20(16-23)15-19-11-13-28(14-12-19)17-22-18-29(25(30)27(22)2)21-7-5-4-6-8-21/h9-10,16,19,21-22H,3-8,11-15,17-18H2,1-2H3. The van der Waals surface area contributed by atoms with Crippen molar-refractivity contribution in [1.29, 1.82) is 0 Å². The molecule has 31 heavy (non-hydrogen) atoms. The maximum absolute atomic E-state index is 12.8. The Morgan fingerprint density at radius 2 is 1.84 bits per heavy atom. The van der Waals surface area contributed by atoms with Gasteiger partial charge < -0.3 is 19.4 Å². The summed E-state index contributed by atoms with van der Waals surface area (Å²) in [6, 6.07) is 7.06. The summed E-state index contributed by atoms with van der Waals surface area (Å²) >= 11 is 6.46. The van der Waals surface area contributed by atoms with E-state index >= 15 is 0 Å². The van der Waals surface area contributed by atoms with E-state index in [0.29, 0.717) is 24.6 Å². The van der Waals surface area contributed by atoms with Gasteiger partial charge in [0.15, 0.2) is 0 Å². The first-order valence-electron chi connectivity index (χ1n) is 12.2. The lowest BCUT2D eigenvalue weighted by Gasteiger charge is -2.34. The van der Waals surface area contributed by atoms with Crippen molar-refractivity contribution >= 4 is 17.6 Å². The quantitative estimate of drug-likeness (QED) is 0.586. The monoisotopic (exact) mass is 447 g/mol. The van der Waals surface area contributed by atoms with Crippen LogP contribution in [0.2, 0.25) is 5.02 Å². The summed E-state index contributed by atoms with van der Waals surface area (Å²) in [5.41, 5.74) is 1.20. The summed E-state index contributed by atoms with van der Waals surface area (Å²) in [5.74, 6) is 1.57. The van der Waals surface area contributed by atoms with Crippen molar-refractivity contribution < 1.29 is 9.53 Å². The summed E-state index contributed by atoms with van der Waals surface area (Å²) in [6.45, 7) is 6.80. The molecular weight excluding hydrogens is 410 g/mol. The SMILES string of the molecule is CCOc1ccc(Cl)c(CC2CCN(CC3CN(C4CCCCC4)C(=O)N3C)CC2)c1. The van der Waals surface area contributed by atoms with Crippen LogP contribution in [0, 0.1) is 5.92 Å². The Morgan fingerprint density at radius 3 is 2.55 bits per heavy atom. The van der Waals surface area contributed by atoms with Gasteiger partial charge in [-0.2, -0.15) is 0 Å². The molecule has 3 aliphatic rings. The van der Waals surface area contributed by atoms with Gasteiger partial charge in [0.2, 0.25) is 0 Å². The summed E-state index contributed by atoms with van der Waals surface area (Å²) in [7, 11) is 2.00. The molecule has 6 heteroatoms. The molecule has 2 amide bonds. The zero-order chi connectivity index (χ0) is 21.8. The minimum atomic E-state index is 0.246. The van der Waals surface area contributed by atoms with E-state index in [9.17, 15) is 4.79 Å². The highest BCUT2D eigenvalue weighted by atomic mass is 35.5. The van der Waals surface area contributed by atoms with Crippen LogP contribution in [0.3, 0.4) is 0 Å². The molecule has 2 heterocycles. The summed E-state index contributed by atoms with van der Waals surface area (Å²) < 4.78 is 5.65. The number of likely N-dealkylation sites (N-methyl/N-ethyl adjacent to an activating group) is 1. The lowest BCUT2D eigenvalue weighted by atomic mass is 9.90. The molecule has 1 unspecified atom stereocenters. The Bertz CT molecular complexity index is 744. The molecular formula is C25H38ClN3O2. The Morgan fingerprint density at radius 1 is 1.10 bits per heavy atom. The molecule has 0 aromatic heterocycles. The molecule has 0 bridgehead atoms. The molecule has 5 nitrogen and oxygen atoms in total. The Labute approximate surface area is 192 Å². The molecule has 4 rings (SSSR count). The zero-order valence-corrected chi connectivity index (χ0v) is 19.9. The van der Waals surface area contributed by atoms with E-state index in [1.54, 1.807) is 0 Å². The number of rotatable bonds is 7. The normalized spacial score (nSPS) is 24.2. The second-order valence-electron chi connectivity index (χ2n) is 9.63. The van der Waals surface area contributed by atoms with Crippen molar-refractivity contribution in [3.63, 3.8) is 0 Å². The van der Waals surface area contributed by atoms with E-state index in [0.717, 1.165) is 43.4 Å². The second-order valence-corrected chi connectivity index (χ2v) is 10.0. The van der Waals surface area contributed by atoms with Crippen molar-refractivity contribution in [3.8, 4) is 5.75 Å². The molecule has 3 fully saturated rings. The van der Waals surface area contributed by atoms with Crippen LogP contribution >= 0.6 is 11.6 Å². The second kappa shape index (κ2) is 10.4. The predicted molar refractivity (Wildman–Crippen MR) is 126 cm³/mol. The third-order valence-corrected chi connectivity index (χ3v) is 7.90. The Hall–Kier alpha value is -1.46. The maximum Gasteiger partial charge on any atom is 0.320 e. The van der Waals surface area contributed by atoms with Crippen LogP contribution < -0.4 is 4.74 Å². The molecule has 0 spiro atoms. The lowest BCUT2D eigenvalue weighted by Crippen LogP contribution is -2.44. The number of halogens is 1. The topological polar surface area (TPSA) is 36.0 Å². The number of amides is 2. The van der Waals surface area contributed by atoms with Crippen LogP contribution in [-0.2, 0) is 6.42 Å². The first-order valence-corrected chi connectivity index (χ1v) is 12.6. The van der Waals surface area contributed by atoms with Gasteiger partial charge in [-0.1, -0.05) is 30.9 Å². The maximum atomic E-state index is 12.8. The average molecular weight is 448 g/mol. The van der Waals surface area contributed by atoms with E-state index in [-0.39, 0.29) is 6.03 Å². The zero-order valence-electron chi connectivity index (χ0n) is 19.2. The van der Waals surface area contributed by atoms with Crippen LogP contribution in [0.15, 0.2) is 18.2 Å². The van der Waals surface area contributed by atoms with Gasteiger partial charge in [-0.15, -0.1) is 0 Å². The van der Waals surface area contributed by atoms with Crippen LogP contribution in [0.4, 0.5) is 4.79 Å². The molecule has 1 aliphatic carbocycles. The third kappa shape index (κ3) is 5.48. The largest absolute Gasteiger partial charge is 0.494 e. The first-order chi connectivity index (χ1) is 15.0. The van der Waals surface area contributed by atoms with Gasteiger partial charge >= 0.3 is 6.03 Å². The van der Waals surface area contributed by atoms with Crippen molar-refractivity contribution in [2.75, 3.05) is 39.8 Å². The fourth-order valence-corrected chi connectivity index (χ4v) is 5.81. The number of benzene rings is 1. The van der Waals surface area contributed by atoms with Gasteiger partial charge in [-0.05, 0) is 81.8 Å². The summed E-state index contributed by atoms with van der Waals surface area (Å²) in [6.07, 6.45) is 9.63. The molecule has 0 N–H and O–H groups in total. The van der Waals surface area contributed by atoms with E-state index in [1.165, 1.54) is 50.5 Å². The van der Waals surface area contributed by atoms with Gasteiger partial charge in [-0.3, -0.25) is 0 Å². The van der Waals surface area contributed by atoms with Gasteiger partial charge in [0.25, 0.3) is 0 Å². The highest BCUT2D eigenvalue weighted by Crippen LogP contribution is 2.30. The van der Waals surface area contributed by atoms with Gasteiger partial charge in [0.1, 0.15) is 5.75 Å². The highest BCUT2D eigenvalue weighted by molar-refractivity contribution is 6.31. The number of carbonyl (C=O) groups excluding carboxylic acids is 1. The fourth-order valence-electron chi connectivity index (χ4n) is 5.61. The first kappa shape index (κ1) is 22.7. The van der Waals surface area contributed by atoms with Gasteiger partial charge in [0, 0.05) is 31.2 Å². The molecule has 172 valence electrons. The minimum absolute atomic E-state index is 0.246. The van der Waals surface area contributed by atoms with Crippen LogP contribution in [0.1, 0.15) is 57.4 Å². The predicted octanol–water partition coefficient (Wildman–Crippen LogP) is 5.06. The number of hydrogen-bond acceptors (Lipinski definition) is 3. The summed E-state index contributed by atoms with van der Waals surface area (Å²) in [5, 5.41) is 0.847. The summed E-state index contributed by atoms with van der Waals surface area (Å²) in [4.78, 5) is 19.6. The number of carbonyl (C=O) groups is 1. The minimum Gasteiger partial charge on any atom is -0.494 e. The van der Waals surface area contributed by atoms with Crippen LogP contribution in [0.25, 0.3) is 0 Å². The molecule has 2 saturated heterocycles. The van der Waals surface area contributed by atoms with Crippen molar-refractivity contribution in [1.82, 2.24) is 14.7 Å². The molecule has 2 aliphatic heterocycles. The van der Waals surface area contributed by atoms with Crippen molar-refractivity contribution in [2.24, 2.45) is 5.92 Å². The smallest absolute Gasteiger partial charge is 0.320 e. The molecule has 0 radical (unpaired) electrons. The molecule has 1 atom stereocenters.